The lowest BCUT2D eigenvalue weighted by atomic mass is 10.1. The van der Waals surface area contributed by atoms with E-state index in [4.69, 9.17) is 4.74 Å². The second-order valence-corrected chi connectivity index (χ2v) is 3.62. The van der Waals surface area contributed by atoms with Crippen LogP contribution in [-0.2, 0) is 4.74 Å². The molecule has 0 aromatic rings. The first-order valence-electron chi connectivity index (χ1n) is 5.11. The molecule has 1 N–H and O–H groups in total. The average Bonchev–Trinajstić information content (AvgIpc) is 2.16. The van der Waals surface area contributed by atoms with Gasteiger partial charge in [0, 0.05) is 6.54 Å². The number of carbonyl (C=O) groups is 1. The first kappa shape index (κ1) is 13.2. The lowest BCUT2D eigenvalue weighted by molar-refractivity contribution is 0.0579. The van der Waals surface area contributed by atoms with E-state index in [1.807, 2.05) is 6.92 Å². The number of hydrogen-bond donors (Lipinski definition) is 1. The van der Waals surface area contributed by atoms with Crippen molar-refractivity contribution >= 4 is 6.09 Å². The molecule has 0 heterocycles. The van der Waals surface area contributed by atoms with Crippen LogP contribution < -0.4 is 5.32 Å². The molecule has 14 heavy (non-hydrogen) atoms. The molecule has 1 atom stereocenters. The van der Waals surface area contributed by atoms with Crippen LogP contribution in [0.15, 0.2) is 0 Å². The predicted molar refractivity (Wildman–Crippen MR) is 54.1 cm³/mol. The van der Waals surface area contributed by atoms with Crippen molar-refractivity contribution in [1.29, 1.82) is 0 Å². The minimum Gasteiger partial charge on any atom is -0.446 e. The highest BCUT2D eigenvalue weighted by atomic mass is 19.1. The molecule has 0 bridgehead atoms. The van der Waals surface area contributed by atoms with Gasteiger partial charge in [0.25, 0.3) is 0 Å². The van der Waals surface area contributed by atoms with Crippen molar-refractivity contribution in [1.82, 2.24) is 5.32 Å². The highest BCUT2D eigenvalue weighted by Crippen LogP contribution is 2.14. The third kappa shape index (κ3) is 6.69. The van der Waals surface area contributed by atoms with E-state index >= 15 is 0 Å². The number of carbonyl (C=O) groups excluding carboxylic acids is 1. The Balaban J connectivity index is 3.53. The molecular weight excluding hydrogens is 185 g/mol. The maximum Gasteiger partial charge on any atom is 0.407 e. The van der Waals surface area contributed by atoms with Gasteiger partial charge in [-0.3, -0.25) is 0 Å². The summed E-state index contributed by atoms with van der Waals surface area (Å²) in [5.41, 5.74) is -1.41. The van der Waals surface area contributed by atoms with Crippen molar-refractivity contribution in [3.05, 3.63) is 0 Å². The molecule has 0 saturated heterocycles. The molecule has 0 aliphatic carbocycles. The number of hydrogen-bond acceptors (Lipinski definition) is 2. The van der Waals surface area contributed by atoms with Crippen molar-refractivity contribution in [2.75, 3.05) is 13.2 Å². The van der Waals surface area contributed by atoms with Gasteiger partial charge in [-0.25, -0.2) is 9.18 Å². The van der Waals surface area contributed by atoms with E-state index < -0.39 is 11.8 Å². The third-order valence-electron chi connectivity index (χ3n) is 2.04. The molecule has 4 heteroatoms. The first-order valence-corrected chi connectivity index (χ1v) is 5.11. The quantitative estimate of drug-likeness (QED) is 0.677. The molecule has 0 aliphatic rings. The first-order chi connectivity index (χ1) is 6.52. The number of alkyl halides is 1. The van der Waals surface area contributed by atoms with E-state index in [-0.39, 0.29) is 6.61 Å². The van der Waals surface area contributed by atoms with Crippen molar-refractivity contribution < 1.29 is 13.9 Å². The molecule has 0 aromatic heterocycles. The van der Waals surface area contributed by atoms with Crippen molar-refractivity contribution in [2.45, 2.75) is 45.7 Å². The summed E-state index contributed by atoms with van der Waals surface area (Å²) in [5, 5.41) is 2.55. The van der Waals surface area contributed by atoms with Gasteiger partial charge in [0.15, 0.2) is 0 Å². The Morgan fingerprint density at radius 2 is 2.14 bits per heavy atom. The number of unbranched alkanes of at least 4 members (excludes halogenated alkanes) is 1. The fraction of sp³-hybridized carbons (Fsp3) is 0.900. The van der Waals surface area contributed by atoms with Crippen LogP contribution in [0, 0.1) is 0 Å². The number of alkyl carbamates (subject to hydrolysis) is 1. The van der Waals surface area contributed by atoms with Crippen LogP contribution in [0.5, 0.6) is 0 Å². The summed E-state index contributed by atoms with van der Waals surface area (Å²) in [6, 6.07) is 0. The van der Waals surface area contributed by atoms with E-state index in [1.165, 1.54) is 6.92 Å². The molecule has 0 radical (unpaired) electrons. The predicted octanol–water partition coefficient (Wildman–Crippen LogP) is 2.65. The van der Waals surface area contributed by atoms with Crippen LogP contribution in [0.1, 0.15) is 40.0 Å². The standard InChI is InChI=1S/C10H20FNO2/c1-4-6-7-12-9(13)14-8-10(3,11)5-2/h4-8H2,1-3H3,(H,12,13). The molecule has 0 rings (SSSR count). The van der Waals surface area contributed by atoms with Gasteiger partial charge >= 0.3 is 6.09 Å². The van der Waals surface area contributed by atoms with Crippen molar-refractivity contribution in [3.63, 3.8) is 0 Å². The van der Waals surface area contributed by atoms with Crippen molar-refractivity contribution in [3.8, 4) is 0 Å². The SMILES string of the molecule is CCCCNC(=O)OCC(C)(F)CC. The zero-order valence-corrected chi connectivity index (χ0v) is 9.23. The van der Waals surface area contributed by atoms with Gasteiger partial charge in [0.05, 0.1) is 0 Å². The molecule has 1 unspecified atom stereocenters. The molecule has 0 aliphatic heterocycles. The fourth-order valence-corrected chi connectivity index (χ4v) is 0.736. The Morgan fingerprint density at radius 3 is 2.64 bits per heavy atom. The molecule has 84 valence electrons. The zero-order valence-electron chi connectivity index (χ0n) is 9.23. The maximum atomic E-state index is 13.3. The summed E-state index contributed by atoms with van der Waals surface area (Å²) in [5.74, 6) is 0. The largest absolute Gasteiger partial charge is 0.446 e. The number of nitrogens with one attached hydrogen (secondary N) is 1. The van der Waals surface area contributed by atoms with Gasteiger partial charge in [-0.1, -0.05) is 20.3 Å². The monoisotopic (exact) mass is 205 g/mol. The zero-order chi connectivity index (χ0) is 11.0. The minimum atomic E-state index is -1.41. The lowest BCUT2D eigenvalue weighted by Gasteiger charge is -2.17. The normalized spacial score (nSPS) is 14.6. The smallest absolute Gasteiger partial charge is 0.407 e. The summed E-state index contributed by atoms with van der Waals surface area (Å²) in [7, 11) is 0. The van der Waals surface area contributed by atoms with E-state index in [0.717, 1.165) is 12.8 Å². The van der Waals surface area contributed by atoms with Gasteiger partial charge in [0.1, 0.15) is 12.3 Å². The van der Waals surface area contributed by atoms with Gasteiger partial charge in [-0.05, 0) is 19.8 Å². The molecule has 0 spiro atoms. The summed E-state index contributed by atoms with van der Waals surface area (Å²) in [6.45, 7) is 5.58. The van der Waals surface area contributed by atoms with Gasteiger partial charge in [-0.15, -0.1) is 0 Å². The van der Waals surface area contributed by atoms with E-state index in [1.54, 1.807) is 6.92 Å². The molecule has 0 fully saturated rings. The van der Waals surface area contributed by atoms with Crippen molar-refractivity contribution in [2.24, 2.45) is 0 Å². The Labute approximate surface area is 85.0 Å². The van der Waals surface area contributed by atoms with Crippen LogP contribution in [0.3, 0.4) is 0 Å². The van der Waals surface area contributed by atoms with Crippen LogP contribution >= 0.6 is 0 Å². The van der Waals surface area contributed by atoms with E-state index in [9.17, 15) is 9.18 Å². The van der Waals surface area contributed by atoms with Gasteiger partial charge in [-0.2, -0.15) is 0 Å². The molecule has 0 saturated carbocycles. The maximum absolute atomic E-state index is 13.3. The Hall–Kier alpha value is -0.800. The van der Waals surface area contributed by atoms with Crippen LogP contribution in [-0.4, -0.2) is 24.9 Å². The Bertz CT molecular complexity index is 172. The number of rotatable bonds is 6. The highest BCUT2D eigenvalue weighted by Gasteiger charge is 2.22. The Kier molecular flexibility index (Phi) is 6.25. The number of halogens is 1. The Morgan fingerprint density at radius 1 is 1.50 bits per heavy atom. The topological polar surface area (TPSA) is 38.3 Å². The summed E-state index contributed by atoms with van der Waals surface area (Å²) < 4.78 is 18.0. The summed E-state index contributed by atoms with van der Waals surface area (Å²) >= 11 is 0. The summed E-state index contributed by atoms with van der Waals surface area (Å²) in [6.07, 6.45) is 1.73. The third-order valence-corrected chi connectivity index (χ3v) is 2.04. The molecular formula is C10H20FNO2. The van der Waals surface area contributed by atoms with E-state index in [2.05, 4.69) is 5.32 Å². The van der Waals surface area contributed by atoms with E-state index in [0.29, 0.717) is 13.0 Å². The molecule has 3 nitrogen and oxygen atoms in total. The average molecular weight is 205 g/mol. The summed E-state index contributed by atoms with van der Waals surface area (Å²) in [4.78, 5) is 11.0. The van der Waals surface area contributed by atoms with Gasteiger partial charge < -0.3 is 10.1 Å². The molecule has 0 aromatic carbocycles. The number of ether oxygens (including phenoxy) is 1. The second-order valence-electron chi connectivity index (χ2n) is 3.62. The van der Waals surface area contributed by atoms with Gasteiger partial charge in [0.2, 0.25) is 0 Å². The highest BCUT2D eigenvalue weighted by molar-refractivity contribution is 5.67. The van der Waals surface area contributed by atoms with Crippen LogP contribution in [0.4, 0.5) is 9.18 Å². The number of amides is 1. The second kappa shape index (κ2) is 6.62. The fourth-order valence-electron chi connectivity index (χ4n) is 0.736. The van der Waals surface area contributed by atoms with Crippen LogP contribution in [0.25, 0.3) is 0 Å². The minimum absolute atomic E-state index is 0.179. The lowest BCUT2D eigenvalue weighted by Crippen LogP contribution is -2.32. The molecule has 1 amide bonds. The van der Waals surface area contributed by atoms with Crippen LogP contribution in [0.2, 0.25) is 0 Å².